The molecule has 1 rings (SSSR count). The van der Waals surface area contributed by atoms with E-state index in [2.05, 4.69) is 18.2 Å². The number of hydrogen-bond acceptors (Lipinski definition) is 2. The van der Waals surface area contributed by atoms with Gasteiger partial charge in [-0.25, -0.2) is 4.79 Å². The Bertz CT molecular complexity index is 202. The lowest BCUT2D eigenvalue weighted by Crippen LogP contribution is -2.14. The lowest BCUT2D eigenvalue weighted by Gasteiger charge is -2.14. The molecule has 0 saturated heterocycles. The second kappa shape index (κ2) is 3.30. The van der Waals surface area contributed by atoms with Crippen molar-refractivity contribution in [3.63, 3.8) is 0 Å². The largest absolute Gasteiger partial charge is 0.466 e. The van der Waals surface area contributed by atoms with Gasteiger partial charge in [0.15, 0.2) is 0 Å². The summed E-state index contributed by atoms with van der Waals surface area (Å²) >= 11 is 0. The summed E-state index contributed by atoms with van der Waals surface area (Å²) in [5.74, 6) is -0.235. The van der Waals surface area contributed by atoms with E-state index in [1.165, 1.54) is 7.11 Å². The number of carbonyl (C=O) groups excluding carboxylic acids is 1. The molecule has 1 aliphatic carbocycles. The Balaban J connectivity index is 2.57. The van der Waals surface area contributed by atoms with Crippen LogP contribution in [0.15, 0.2) is 12.2 Å². The fourth-order valence-corrected chi connectivity index (χ4v) is 1.67. The fraction of sp³-hybridized carbons (Fsp3) is 0.700. The molecule has 0 unspecified atom stereocenters. The second-order valence-corrected chi connectivity index (χ2v) is 3.50. The Morgan fingerprint density at radius 2 is 2.17 bits per heavy atom. The standard InChI is InChI=1S/C10H16O2/c1-4-5-10(6-7-10)8(2)9(11)12-3/h2,4-7H2,1,3H3. The molecule has 0 aromatic heterocycles. The van der Waals surface area contributed by atoms with Crippen LogP contribution < -0.4 is 0 Å². The van der Waals surface area contributed by atoms with Gasteiger partial charge in [0, 0.05) is 11.0 Å². The SMILES string of the molecule is C=C(C(=O)OC)C1(CCC)CC1. The van der Waals surface area contributed by atoms with Crippen LogP contribution in [0.1, 0.15) is 32.6 Å². The van der Waals surface area contributed by atoms with E-state index >= 15 is 0 Å². The molecular formula is C10H16O2. The molecule has 68 valence electrons. The highest BCUT2D eigenvalue weighted by atomic mass is 16.5. The smallest absolute Gasteiger partial charge is 0.333 e. The number of hydrogen-bond donors (Lipinski definition) is 0. The molecular weight excluding hydrogens is 152 g/mol. The molecule has 0 amide bonds. The van der Waals surface area contributed by atoms with Gasteiger partial charge in [0.05, 0.1) is 7.11 Å². The van der Waals surface area contributed by atoms with Crippen LogP contribution in [0.4, 0.5) is 0 Å². The molecule has 0 bridgehead atoms. The van der Waals surface area contributed by atoms with Crippen LogP contribution in [0.5, 0.6) is 0 Å². The molecule has 0 atom stereocenters. The van der Waals surface area contributed by atoms with Crippen LogP contribution in [-0.4, -0.2) is 13.1 Å². The Kier molecular flexibility index (Phi) is 2.55. The topological polar surface area (TPSA) is 26.3 Å². The van der Waals surface area contributed by atoms with Gasteiger partial charge in [-0.15, -0.1) is 0 Å². The van der Waals surface area contributed by atoms with E-state index in [0.717, 1.165) is 25.7 Å². The normalized spacial score (nSPS) is 18.5. The Labute approximate surface area is 73.6 Å². The second-order valence-electron chi connectivity index (χ2n) is 3.50. The molecule has 0 aromatic carbocycles. The zero-order chi connectivity index (χ0) is 9.19. The number of carbonyl (C=O) groups is 1. The Morgan fingerprint density at radius 1 is 1.58 bits per heavy atom. The van der Waals surface area contributed by atoms with Crippen LogP contribution in [-0.2, 0) is 9.53 Å². The van der Waals surface area contributed by atoms with Gasteiger partial charge in [0.1, 0.15) is 0 Å². The summed E-state index contributed by atoms with van der Waals surface area (Å²) in [7, 11) is 1.41. The summed E-state index contributed by atoms with van der Waals surface area (Å²) < 4.78 is 4.65. The van der Waals surface area contributed by atoms with Crippen LogP contribution in [0.2, 0.25) is 0 Å². The van der Waals surface area contributed by atoms with Gasteiger partial charge < -0.3 is 4.74 Å². The summed E-state index contributed by atoms with van der Waals surface area (Å²) in [6.07, 6.45) is 4.39. The summed E-state index contributed by atoms with van der Waals surface area (Å²) in [5.41, 5.74) is 0.786. The first kappa shape index (κ1) is 9.30. The molecule has 1 fully saturated rings. The molecule has 0 aliphatic heterocycles. The first-order valence-corrected chi connectivity index (χ1v) is 4.44. The molecule has 2 heteroatoms. The quantitative estimate of drug-likeness (QED) is 0.475. The van der Waals surface area contributed by atoms with Crippen LogP contribution in [0.3, 0.4) is 0 Å². The van der Waals surface area contributed by atoms with Crippen molar-refractivity contribution in [3.8, 4) is 0 Å². The zero-order valence-electron chi connectivity index (χ0n) is 7.85. The predicted molar refractivity (Wildman–Crippen MR) is 47.7 cm³/mol. The van der Waals surface area contributed by atoms with Crippen LogP contribution in [0, 0.1) is 5.41 Å². The first-order valence-electron chi connectivity index (χ1n) is 4.44. The lowest BCUT2D eigenvalue weighted by atomic mass is 9.92. The molecule has 12 heavy (non-hydrogen) atoms. The Morgan fingerprint density at radius 3 is 2.50 bits per heavy atom. The molecule has 0 heterocycles. The maximum absolute atomic E-state index is 11.2. The third-order valence-electron chi connectivity index (χ3n) is 2.65. The molecule has 2 nitrogen and oxygen atoms in total. The van der Waals surface area contributed by atoms with Crippen molar-refractivity contribution < 1.29 is 9.53 Å². The number of ether oxygens (including phenoxy) is 1. The monoisotopic (exact) mass is 168 g/mol. The van der Waals surface area contributed by atoms with Gasteiger partial charge >= 0.3 is 5.97 Å². The van der Waals surface area contributed by atoms with E-state index in [-0.39, 0.29) is 11.4 Å². The highest BCUT2D eigenvalue weighted by Gasteiger charge is 2.46. The van der Waals surface area contributed by atoms with Gasteiger partial charge in [-0.05, 0) is 19.3 Å². The van der Waals surface area contributed by atoms with Gasteiger partial charge in [0.2, 0.25) is 0 Å². The van der Waals surface area contributed by atoms with Crippen molar-refractivity contribution >= 4 is 5.97 Å². The molecule has 1 saturated carbocycles. The average Bonchev–Trinajstić information content (AvgIpc) is 2.84. The summed E-state index contributed by atoms with van der Waals surface area (Å²) in [5, 5.41) is 0. The maximum Gasteiger partial charge on any atom is 0.333 e. The summed E-state index contributed by atoms with van der Waals surface area (Å²) in [6.45, 7) is 5.93. The molecule has 0 N–H and O–H groups in total. The summed E-state index contributed by atoms with van der Waals surface area (Å²) in [6, 6.07) is 0. The Hall–Kier alpha value is -0.790. The maximum atomic E-state index is 11.2. The van der Waals surface area contributed by atoms with Gasteiger partial charge in [-0.2, -0.15) is 0 Å². The number of rotatable bonds is 4. The van der Waals surface area contributed by atoms with Gasteiger partial charge in [0.25, 0.3) is 0 Å². The molecule has 0 spiro atoms. The lowest BCUT2D eigenvalue weighted by molar-refractivity contribution is -0.136. The minimum Gasteiger partial charge on any atom is -0.466 e. The average molecular weight is 168 g/mol. The van der Waals surface area contributed by atoms with Crippen LogP contribution >= 0.6 is 0 Å². The number of methoxy groups -OCH3 is 1. The minimum absolute atomic E-state index is 0.113. The van der Waals surface area contributed by atoms with E-state index in [9.17, 15) is 4.79 Å². The zero-order valence-corrected chi connectivity index (χ0v) is 7.85. The van der Waals surface area contributed by atoms with E-state index < -0.39 is 0 Å². The predicted octanol–water partition coefficient (Wildman–Crippen LogP) is 2.30. The van der Waals surface area contributed by atoms with E-state index in [0.29, 0.717) is 5.57 Å². The van der Waals surface area contributed by atoms with E-state index in [4.69, 9.17) is 0 Å². The molecule has 0 aromatic rings. The fourth-order valence-electron chi connectivity index (χ4n) is 1.67. The van der Waals surface area contributed by atoms with Crippen molar-refractivity contribution in [1.82, 2.24) is 0 Å². The number of esters is 1. The third kappa shape index (κ3) is 1.52. The minimum atomic E-state index is -0.235. The highest BCUT2D eigenvalue weighted by Crippen LogP contribution is 2.55. The third-order valence-corrected chi connectivity index (χ3v) is 2.65. The first-order chi connectivity index (χ1) is 5.66. The molecule has 1 aliphatic rings. The summed E-state index contributed by atoms with van der Waals surface area (Å²) in [4.78, 5) is 11.2. The van der Waals surface area contributed by atoms with Crippen molar-refractivity contribution in [2.24, 2.45) is 5.41 Å². The van der Waals surface area contributed by atoms with Crippen LogP contribution in [0.25, 0.3) is 0 Å². The van der Waals surface area contributed by atoms with Crippen molar-refractivity contribution in [1.29, 1.82) is 0 Å². The van der Waals surface area contributed by atoms with Crippen molar-refractivity contribution in [3.05, 3.63) is 12.2 Å². The van der Waals surface area contributed by atoms with Gasteiger partial charge in [-0.1, -0.05) is 19.9 Å². The van der Waals surface area contributed by atoms with Gasteiger partial charge in [-0.3, -0.25) is 0 Å². The van der Waals surface area contributed by atoms with Crippen molar-refractivity contribution in [2.45, 2.75) is 32.6 Å². The van der Waals surface area contributed by atoms with E-state index in [1.54, 1.807) is 0 Å². The van der Waals surface area contributed by atoms with Crippen molar-refractivity contribution in [2.75, 3.05) is 7.11 Å². The van der Waals surface area contributed by atoms with E-state index in [1.807, 2.05) is 0 Å². The molecule has 0 radical (unpaired) electrons. The highest BCUT2D eigenvalue weighted by molar-refractivity contribution is 5.89.